The van der Waals surface area contributed by atoms with Crippen molar-refractivity contribution < 1.29 is 14.3 Å². The number of carbonyl (C=O) groups excluding carboxylic acids is 1. The molecule has 4 rings (SSSR count). The Kier molecular flexibility index (Phi) is 4.65. The summed E-state index contributed by atoms with van der Waals surface area (Å²) in [6.45, 7) is 5.56. The van der Waals surface area contributed by atoms with Gasteiger partial charge >= 0.3 is 0 Å². The van der Waals surface area contributed by atoms with E-state index in [1.807, 2.05) is 4.90 Å². The zero-order valence-electron chi connectivity index (χ0n) is 14.9. The Morgan fingerprint density at radius 2 is 1.96 bits per heavy atom. The fraction of sp³-hybridized carbons (Fsp3) is 0.684. The lowest BCUT2D eigenvalue weighted by Gasteiger charge is -2.58. The predicted molar refractivity (Wildman–Crippen MR) is 93.8 cm³/mol. The van der Waals surface area contributed by atoms with Crippen LogP contribution in [0.3, 0.4) is 0 Å². The molecule has 0 aromatic carbocycles. The topological polar surface area (TPSA) is 54.9 Å². The maximum atomic E-state index is 12.7. The van der Waals surface area contributed by atoms with Gasteiger partial charge in [-0.05, 0) is 37.2 Å². The van der Waals surface area contributed by atoms with E-state index in [4.69, 9.17) is 9.47 Å². The molecule has 1 amide bonds. The van der Waals surface area contributed by atoms with Crippen LogP contribution < -0.4 is 4.74 Å². The van der Waals surface area contributed by atoms with Crippen LogP contribution >= 0.6 is 0 Å². The van der Waals surface area contributed by atoms with Gasteiger partial charge in [-0.2, -0.15) is 0 Å². The molecule has 1 saturated carbocycles. The summed E-state index contributed by atoms with van der Waals surface area (Å²) in [5, 5.41) is 0. The number of nitrogens with zero attached hydrogens (tertiary/aromatic N) is 3. The number of ether oxygens (including phenoxy) is 2. The van der Waals surface area contributed by atoms with Gasteiger partial charge in [0.1, 0.15) is 0 Å². The van der Waals surface area contributed by atoms with E-state index >= 15 is 0 Å². The van der Waals surface area contributed by atoms with Crippen LogP contribution in [0.15, 0.2) is 18.3 Å². The van der Waals surface area contributed by atoms with Crippen molar-refractivity contribution >= 4 is 5.91 Å². The van der Waals surface area contributed by atoms with Gasteiger partial charge in [0.25, 0.3) is 5.91 Å². The number of carbonyl (C=O) groups is 1. The lowest BCUT2D eigenvalue weighted by molar-refractivity contribution is -0.0937. The van der Waals surface area contributed by atoms with E-state index in [1.54, 1.807) is 25.4 Å². The lowest BCUT2D eigenvalue weighted by Crippen LogP contribution is -2.61. The molecule has 0 N–H and O–H groups in total. The molecular formula is C19H27N3O3. The minimum atomic E-state index is 0.0900. The van der Waals surface area contributed by atoms with Crippen LogP contribution in [0.25, 0.3) is 0 Å². The number of pyridine rings is 1. The van der Waals surface area contributed by atoms with E-state index in [1.165, 1.54) is 12.8 Å². The molecule has 0 unspecified atom stereocenters. The largest absolute Gasteiger partial charge is 0.481 e. The Morgan fingerprint density at radius 3 is 2.52 bits per heavy atom. The molecule has 1 aliphatic carbocycles. The summed E-state index contributed by atoms with van der Waals surface area (Å²) >= 11 is 0. The molecule has 3 fully saturated rings. The molecule has 1 aromatic heterocycles. The number of hydrogen-bond donors (Lipinski definition) is 0. The number of methoxy groups -OCH3 is 1. The van der Waals surface area contributed by atoms with Gasteiger partial charge in [0, 0.05) is 44.5 Å². The van der Waals surface area contributed by atoms with E-state index in [0.717, 1.165) is 52.2 Å². The fourth-order valence-electron chi connectivity index (χ4n) is 4.69. The highest BCUT2D eigenvalue weighted by molar-refractivity contribution is 5.94. The molecule has 25 heavy (non-hydrogen) atoms. The molecule has 3 heterocycles. The minimum absolute atomic E-state index is 0.0900. The highest BCUT2D eigenvalue weighted by Gasteiger charge is 2.51. The fourth-order valence-corrected chi connectivity index (χ4v) is 4.69. The molecule has 6 heteroatoms. The second kappa shape index (κ2) is 6.92. The summed E-state index contributed by atoms with van der Waals surface area (Å²) in [7, 11) is 1.58. The number of piperidine rings is 1. The standard InChI is InChI=1S/C19H27N3O3/c1-24-17-3-2-15(14-20-17)18(23)22-8-6-19(7-9-22)5-4-16(19)21-10-12-25-13-11-21/h2-3,14,16H,4-13H2,1H3/t16-/m0/s1. The van der Waals surface area contributed by atoms with Gasteiger partial charge in [0.2, 0.25) is 5.88 Å². The lowest BCUT2D eigenvalue weighted by atomic mass is 9.58. The maximum Gasteiger partial charge on any atom is 0.255 e. The van der Waals surface area contributed by atoms with E-state index < -0.39 is 0 Å². The SMILES string of the molecule is COc1ccc(C(=O)N2CCC3(CC[C@@H]3N3CCOCC3)CC2)cn1. The average molecular weight is 345 g/mol. The Hall–Kier alpha value is -1.66. The third-order valence-electron chi connectivity index (χ3n) is 6.35. The van der Waals surface area contributed by atoms with E-state index in [0.29, 0.717) is 22.9 Å². The van der Waals surface area contributed by atoms with Crippen LogP contribution in [0.2, 0.25) is 0 Å². The van der Waals surface area contributed by atoms with E-state index in [2.05, 4.69) is 9.88 Å². The quantitative estimate of drug-likeness (QED) is 0.836. The van der Waals surface area contributed by atoms with Crippen molar-refractivity contribution in [2.75, 3.05) is 46.5 Å². The normalized spacial score (nSPS) is 26.3. The third-order valence-corrected chi connectivity index (χ3v) is 6.35. The molecule has 6 nitrogen and oxygen atoms in total. The van der Waals surface area contributed by atoms with Gasteiger partial charge in [-0.25, -0.2) is 4.98 Å². The summed E-state index contributed by atoms with van der Waals surface area (Å²) in [6.07, 6.45) is 6.46. The Labute approximate surface area is 149 Å². The van der Waals surface area contributed by atoms with Crippen molar-refractivity contribution in [3.05, 3.63) is 23.9 Å². The minimum Gasteiger partial charge on any atom is -0.481 e. The number of hydrogen-bond acceptors (Lipinski definition) is 5. The predicted octanol–water partition coefficient (Wildman–Crippen LogP) is 1.81. The first-order valence-electron chi connectivity index (χ1n) is 9.33. The van der Waals surface area contributed by atoms with Gasteiger partial charge in [-0.3, -0.25) is 9.69 Å². The van der Waals surface area contributed by atoms with Crippen LogP contribution in [0.1, 0.15) is 36.0 Å². The van der Waals surface area contributed by atoms with E-state index in [-0.39, 0.29) is 5.91 Å². The molecule has 1 spiro atoms. The third kappa shape index (κ3) is 3.13. The van der Waals surface area contributed by atoms with Gasteiger partial charge in [0.15, 0.2) is 0 Å². The van der Waals surface area contributed by atoms with Crippen LogP contribution in [0.4, 0.5) is 0 Å². The first-order valence-corrected chi connectivity index (χ1v) is 9.33. The molecular weight excluding hydrogens is 318 g/mol. The van der Waals surface area contributed by atoms with Crippen molar-refractivity contribution in [3.8, 4) is 5.88 Å². The van der Waals surface area contributed by atoms with Crippen LogP contribution in [0, 0.1) is 5.41 Å². The summed E-state index contributed by atoms with van der Waals surface area (Å²) in [6, 6.07) is 4.24. The molecule has 3 aliphatic rings. The number of likely N-dealkylation sites (tertiary alicyclic amines) is 1. The van der Waals surface area contributed by atoms with Gasteiger partial charge in [-0.15, -0.1) is 0 Å². The smallest absolute Gasteiger partial charge is 0.255 e. The van der Waals surface area contributed by atoms with Gasteiger partial charge in [0.05, 0.1) is 25.9 Å². The summed E-state index contributed by atoms with van der Waals surface area (Å²) < 4.78 is 10.6. The second-order valence-electron chi connectivity index (χ2n) is 7.45. The van der Waals surface area contributed by atoms with Crippen LogP contribution in [-0.2, 0) is 4.74 Å². The molecule has 1 aromatic rings. The van der Waals surface area contributed by atoms with E-state index in [9.17, 15) is 4.79 Å². The first kappa shape index (κ1) is 16.8. The molecule has 2 saturated heterocycles. The van der Waals surface area contributed by atoms with Gasteiger partial charge in [-0.1, -0.05) is 0 Å². The van der Waals surface area contributed by atoms with Crippen molar-refractivity contribution in [2.45, 2.75) is 31.7 Å². The zero-order chi connectivity index (χ0) is 17.3. The Morgan fingerprint density at radius 1 is 1.20 bits per heavy atom. The highest BCUT2D eigenvalue weighted by atomic mass is 16.5. The highest BCUT2D eigenvalue weighted by Crippen LogP contribution is 2.51. The zero-order valence-corrected chi connectivity index (χ0v) is 14.9. The van der Waals surface area contributed by atoms with Crippen molar-refractivity contribution in [2.24, 2.45) is 5.41 Å². The molecule has 136 valence electrons. The Balaban J connectivity index is 1.36. The number of amides is 1. The number of aromatic nitrogens is 1. The Bertz CT molecular complexity index is 605. The van der Waals surface area contributed by atoms with Crippen LogP contribution in [0.5, 0.6) is 5.88 Å². The summed E-state index contributed by atoms with van der Waals surface area (Å²) in [5.41, 5.74) is 1.07. The maximum absolute atomic E-state index is 12.7. The van der Waals surface area contributed by atoms with Crippen molar-refractivity contribution in [1.29, 1.82) is 0 Å². The first-order chi connectivity index (χ1) is 12.2. The molecule has 1 atom stereocenters. The molecule has 0 bridgehead atoms. The number of rotatable bonds is 3. The van der Waals surface area contributed by atoms with Crippen molar-refractivity contribution in [3.63, 3.8) is 0 Å². The summed E-state index contributed by atoms with van der Waals surface area (Å²) in [4.78, 5) is 21.5. The monoisotopic (exact) mass is 345 g/mol. The average Bonchev–Trinajstić information content (AvgIpc) is 2.67. The van der Waals surface area contributed by atoms with Crippen molar-refractivity contribution in [1.82, 2.24) is 14.8 Å². The van der Waals surface area contributed by atoms with Gasteiger partial charge < -0.3 is 14.4 Å². The van der Waals surface area contributed by atoms with Crippen LogP contribution in [-0.4, -0.2) is 73.2 Å². The second-order valence-corrected chi connectivity index (χ2v) is 7.45. The summed E-state index contributed by atoms with van der Waals surface area (Å²) in [5.74, 6) is 0.629. The molecule has 0 radical (unpaired) electrons. The number of morpholine rings is 1. The molecule has 2 aliphatic heterocycles.